The summed E-state index contributed by atoms with van der Waals surface area (Å²) in [5.74, 6) is -0.274. The first kappa shape index (κ1) is 14.0. The number of H-pyrrole nitrogens is 1. The van der Waals surface area contributed by atoms with Gasteiger partial charge in [-0.3, -0.25) is 9.59 Å². The summed E-state index contributed by atoms with van der Waals surface area (Å²) in [7, 11) is 0. The van der Waals surface area contributed by atoms with Gasteiger partial charge in [-0.1, -0.05) is 35.9 Å². The molecule has 20 heavy (non-hydrogen) atoms. The predicted molar refractivity (Wildman–Crippen MR) is 81.1 cm³/mol. The van der Waals surface area contributed by atoms with Crippen LogP contribution in [0.2, 0.25) is 0 Å². The molecule has 0 aliphatic rings. The maximum Gasteiger partial charge on any atom is 0.259 e. The van der Waals surface area contributed by atoms with Gasteiger partial charge in [-0.25, -0.2) is 0 Å². The summed E-state index contributed by atoms with van der Waals surface area (Å²) in [6.45, 7) is 5.58. The summed E-state index contributed by atoms with van der Waals surface area (Å²) in [5, 5.41) is 0. The zero-order valence-corrected chi connectivity index (χ0v) is 11.9. The summed E-state index contributed by atoms with van der Waals surface area (Å²) in [6.07, 6.45) is 3.16. The molecule has 3 heteroatoms. The third kappa shape index (κ3) is 3.12. The van der Waals surface area contributed by atoms with Crippen molar-refractivity contribution < 1.29 is 4.79 Å². The lowest BCUT2D eigenvalue weighted by Gasteiger charge is -2.02. The van der Waals surface area contributed by atoms with Crippen molar-refractivity contribution in [3.05, 3.63) is 74.7 Å². The molecule has 0 radical (unpaired) electrons. The Labute approximate surface area is 118 Å². The van der Waals surface area contributed by atoms with E-state index in [-0.39, 0.29) is 16.9 Å². The summed E-state index contributed by atoms with van der Waals surface area (Å²) >= 11 is 0. The number of carbonyl (C=O) groups is 1. The molecule has 0 unspecified atom stereocenters. The largest absolute Gasteiger partial charge is 0.326 e. The Bertz CT molecular complexity index is 722. The van der Waals surface area contributed by atoms with Gasteiger partial charge in [0.1, 0.15) is 0 Å². The molecule has 1 heterocycles. The van der Waals surface area contributed by atoms with Crippen LogP contribution in [0, 0.1) is 20.8 Å². The molecule has 0 amide bonds. The molecule has 1 N–H and O–H groups in total. The van der Waals surface area contributed by atoms with Gasteiger partial charge in [0, 0.05) is 5.69 Å². The van der Waals surface area contributed by atoms with E-state index in [1.54, 1.807) is 26.0 Å². The van der Waals surface area contributed by atoms with E-state index < -0.39 is 0 Å². The topological polar surface area (TPSA) is 49.9 Å². The highest BCUT2D eigenvalue weighted by Crippen LogP contribution is 2.08. The second-order valence-corrected chi connectivity index (χ2v) is 4.95. The number of allylic oxidation sites excluding steroid dienone is 1. The van der Waals surface area contributed by atoms with E-state index >= 15 is 0 Å². The van der Waals surface area contributed by atoms with Crippen LogP contribution in [-0.2, 0) is 0 Å². The number of carbonyl (C=O) groups excluding carboxylic acids is 1. The standard InChI is InChI=1S/C17H17NO2/c1-11-4-6-14(7-5-11)8-9-15(19)16-12(2)10-13(3)18-17(16)20/h4-10H,1-3H3,(H,18,20)/b9-8+. The lowest BCUT2D eigenvalue weighted by Crippen LogP contribution is -2.19. The minimum atomic E-state index is -0.332. The van der Waals surface area contributed by atoms with Gasteiger partial charge in [0.2, 0.25) is 0 Å². The third-order valence-electron chi connectivity index (χ3n) is 3.12. The Balaban J connectivity index is 2.29. The summed E-state index contributed by atoms with van der Waals surface area (Å²) < 4.78 is 0. The number of benzene rings is 1. The van der Waals surface area contributed by atoms with Gasteiger partial charge in [-0.15, -0.1) is 0 Å². The van der Waals surface area contributed by atoms with Crippen LogP contribution in [0.3, 0.4) is 0 Å². The molecule has 2 rings (SSSR count). The van der Waals surface area contributed by atoms with Gasteiger partial charge in [0.15, 0.2) is 5.78 Å². The summed E-state index contributed by atoms with van der Waals surface area (Å²) in [4.78, 5) is 26.6. The fraction of sp³-hybridized carbons (Fsp3) is 0.176. The molecule has 2 aromatic rings. The van der Waals surface area contributed by atoms with Crippen molar-refractivity contribution in [2.24, 2.45) is 0 Å². The van der Waals surface area contributed by atoms with Gasteiger partial charge in [-0.05, 0) is 44.0 Å². The Hall–Kier alpha value is -2.42. The Morgan fingerprint density at radius 2 is 1.75 bits per heavy atom. The van der Waals surface area contributed by atoms with E-state index in [0.717, 1.165) is 11.3 Å². The van der Waals surface area contributed by atoms with Crippen molar-refractivity contribution in [2.75, 3.05) is 0 Å². The quantitative estimate of drug-likeness (QED) is 0.686. The second kappa shape index (κ2) is 5.70. The number of aromatic nitrogens is 1. The van der Waals surface area contributed by atoms with Crippen molar-refractivity contribution in [1.29, 1.82) is 0 Å². The average Bonchev–Trinajstić information content (AvgIpc) is 2.37. The maximum atomic E-state index is 12.1. The molecule has 0 saturated heterocycles. The highest BCUT2D eigenvalue weighted by molar-refractivity contribution is 6.07. The lowest BCUT2D eigenvalue weighted by atomic mass is 10.0. The molecular weight excluding hydrogens is 250 g/mol. The van der Waals surface area contributed by atoms with Gasteiger partial charge in [-0.2, -0.15) is 0 Å². The molecule has 0 aliphatic heterocycles. The van der Waals surface area contributed by atoms with E-state index in [2.05, 4.69) is 4.98 Å². The lowest BCUT2D eigenvalue weighted by molar-refractivity contribution is 0.104. The first-order chi connectivity index (χ1) is 9.47. The minimum Gasteiger partial charge on any atom is -0.326 e. The Morgan fingerprint density at radius 3 is 2.35 bits per heavy atom. The fourth-order valence-corrected chi connectivity index (χ4v) is 2.09. The minimum absolute atomic E-state index is 0.207. The maximum absolute atomic E-state index is 12.1. The predicted octanol–water partition coefficient (Wildman–Crippen LogP) is 3.20. The number of hydrogen-bond acceptors (Lipinski definition) is 2. The molecular formula is C17H17NO2. The van der Waals surface area contributed by atoms with Crippen LogP contribution < -0.4 is 5.56 Å². The number of aryl methyl sites for hydroxylation is 3. The van der Waals surface area contributed by atoms with Crippen LogP contribution in [0.1, 0.15) is 32.7 Å². The van der Waals surface area contributed by atoms with Crippen molar-refractivity contribution in [2.45, 2.75) is 20.8 Å². The summed E-state index contributed by atoms with van der Waals surface area (Å²) in [5.41, 5.74) is 3.43. The van der Waals surface area contributed by atoms with Gasteiger partial charge in [0.05, 0.1) is 5.56 Å². The average molecular weight is 267 g/mol. The Kier molecular flexibility index (Phi) is 3.99. The van der Waals surface area contributed by atoms with E-state index in [1.807, 2.05) is 31.2 Å². The van der Waals surface area contributed by atoms with Crippen molar-refractivity contribution in [3.63, 3.8) is 0 Å². The van der Waals surface area contributed by atoms with Gasteiger partial charge < -0.3 is 4.98 Å². The van der Waals surface area contributed by atoms with Crippen molar-refractivity contribution >= 4 is 11.9 Å². The fourth-order valence-electron chi connectivity index (χ4n) is 2.09. The smallest absolute Gasteiger partial charge is 0.259 e. The van der Waals surface area contributed by atoms with E-state index in [1.165, 1.54) is 11.6 Å². The molecule has 0 bridgehead atoms. The first-order valence-electron chi connectivity index (χ1n) is 6.47. The van der Waals surface area contributed by atoms with Crippen LogP contribution in [0.5, 0.6) is 0 Å². The van der Waals surface area contributed by atoms with Crippen LogP contribution in [0.15, 0.2) is 41.2 Å². The van der Waals surface area contributed by atoms with Crippen LogP contribution in [0.25, 0.3) is 6.08 Å². The zero-order chi connectivity index (χ0) is 14.7. The number of rotatable bonds is 3. The van der Waals surface area contributed by atoms with Gasteiger partial charge in [0.25, 0.3) is 5.56 Å². The van der Waals surface area contributed by atoms with E-state index in [0.29, 0.717) is 5.56 Å². The molecule has 0 spiro atoms. The number of nitrogens with one attached hydrogen (secondary N) is 1. The first-order valence-corrected chi connectivity index (χ1v) is 6.47. The summed E-state index contributed by atoms with van der Waals surface area (Å²) in [6, 6.07) is 9.63. The third-order valence-corrected chi connectivity index (χ3v) is 3.12. The van der Waals surface area contributed by atoms with E-state index in [9.17, 15) is 9.59 Å². The zero-order valence-electron chi connectivity index (χ0n) is 11.9. The van der Waals surface area contributed by atoms with Crippen LogP contribution >= 0.6 is 0 Å². The highest BCUT2D eigenvalue weighted by Gasteiger charge is 2.11. The van der Waals surface area contributed by atoms with Crippen molar-refractivity contribution in [1.82, 2.24) is 4.98 Å². The number of hydrogen-bond donors (Lipinski definition) is 1. The van der Waals surface area contributed by atoms with E-state index in [4.69, 9.17) is 0 Å². The Morgan fingerprint density at radius 1 is 1.10 bits per heavy atom. The number of ketones is 1. The van der Waals surface area contributed by atoms with Gasteiger partial charge >= 0.3 is 0 Å². The SMILES string of the molecule is Cc1ccc(/C=C/C(=O)c2c(C)cc(C)[nH]c2=O)cc1. The molecule has 0 aliphatic carbocycles. The molecule has 102 valence electrons. The van der Waals surface area contributed by atoms with Crippen LogP contribution in [-0.4, -0.2) is 10.8 Å². The highest BCUT2D eigenvalue weighted by atomic mass is 16.1. The second-order valence-electron chi connectivity index (χ2n) is 4.95. The molecule has 3 nitrogen and oxygen atoms in total. The molecule has 0 saturated carbocycles. The molecule has 0 fully saturated rings. The van der Waals surface area contributed by atoms with Crippen LogP contribution in [0.4, 0.5) is 0 Å². The number of aromatic amines is 1. The monoisotopic (exact) mass is 267 g/mol. The normalized spacial score (nSPS) is 10.9. The molecule has 1 aromatic carbocycles. The molecule has 0 atom stereocenters. The number of pyridine rings is 1. The van der Waals surface area contributed by atoms with Crippen molar-refractivity contribution in [3.8, 4) is 0 Å². The molecule has 1 aromatic heterocycles.